The molecule has 2 aliphatic rings. The zero-order chi connectivity index (χ0) is 28.7. The molecule has 6 atom stereocenters. The third-order valence-corrected chi connectivity index (χ3v) is 6.93. The summed E-state index contributed by atoms with van der Waals surface area (Å²) in [5.41, 5.74) is 2.72. The molecule has 2 aliphatic heterocycles. The second-order valence-corrected chi connectivity index (χ2v) is 12.2. The van der Waals surface area contributed by atoms with E-state index >= 15 is 0 Å². The van der Waals surface area contributed by atoms with Crippen molar-refractivity contribution in [3.63, 3.8) is 0 Å². The number of alkyl carbamates (subject to hydrolysis) is 1. The smallest absolute Gasteiger partial charge is 0.407 e. The van der Waals surface area contributed by atoms with Crippen molar-refractivity contribution in [1.29, 1.82) is 0 Å². The summed E-state index contributed by atoms with van der Waals surface area (Å²) in [5, 5.41) is 2.82. The van der Waals surface area contributed by atoms with Crippen molar-refractivity contribution in [2.75, 3.05) is 13.2 Å². The van der Waals surface area contributed by atoms with Gasteiger partial charge in [0.05, 0.1) is 19.8 Å². The molecule has 0 radical (unpaired) electrons. The van der Waals surface area contributed by atoms with Gasteiger partial charge in [0, 0.05) is 5.56 Å². The van der Waals surface area contributed by atoms with Gasteiger partial charge in [-0.2, -0.15) is 0 Å². The lowest BCUT2D eigenvalue weighted by Crippen LogP contribution is -2.67. The maximum atomic E-state index is 12.9. The minimum atomic E-state index is -1.77. The van der Waals surface area contributed by atoms with Crippen LogP contribution in [0.3, 0.4) is 0 Å². The Morgan fingerprint density at radius 3 is 2.02 bits per heavy atom. The maximum Gasteiger partial charge on any atom is 0.407 e. The molecular formula is C30H30Cl3NO7. The minimum absolute atomic E-state index is 0.226. The van der Waals surface area contributed by atoms with Crippen LogP contribution in [0.4, 0.5) is 4.79 Å². The maximum absolute atomic E-state index is 12.9. The SMILES string of the molecule is O=C(N[C@H]1[C@H](OCc2ccccc2)O[C@@H]2COC(c3ccccc3)O[C@H]2[C@@H]1OCc1ccccc1)OCC(Cl)(Cl)Cl. The molecule has 0 aromatic heterocycles. The van der Waals surface area contributed by atoms with Crippen LogP contribution >= 0.6 is 34.8 Å². The van der Waals surface area contributed by atoms with Crippen LogP contribution < -0.4 is 5.32 Å². The third-order valence-electron chi connectivity index (χ3n) is 6.60. The summed E-state index contributed by atoms with van der Waals surface area (Å²) in [6.45, 7) is 0.255. The molecular weight excluding hydrogens is 593 g/mol. The lowest BCUT2D eigenvalue weighted by atomic mass is 9.95. The second-order valence-electron chi connectivity index (χ2n) is 9.64. The summed E-state index contributed by atoms with van der Waals surface area (Å²) in [6.07, 6.45) is -4.28. The highest BCUT2D eigenvalue weighted by Crippen LogP contribution is 2.36. The molecule has 2 fully saturated rings. The Morgan fingerprint density at radius 2 is 1.41 bits per heavy atom. The number of nitrogens with one attached hydrogen (secondary N) is 1. The van der Waals surface area contributed by atoms with E-state index in [1.807, 2.05) is 91.0 Å². The number of halogens is 3. The number of hydrogen-bond donors (Lipinski definition) is 1. The predicted octanol–water partition coefficient (Wildman–Crippen LogP) is 6.09. The van der Waals surface area contributed by atoms with Gasteiger partial charge in [-0.1, -0.05) is 126 Å². The molecule has 5 rings (SSSR count). The van der Waals surface area contributed by atoms with Crippen molar-refractivity contribution >= 4 is 40.9 Å². The van der Waals surface area contributed by atoms with E-state index in [9.17, 15) is 4.79 Å². The zero-order valence-electron chi connectivity index (χ0n) is 21.9. The van der Waals surface area contributed by atoms with Gasteiger partial charge < -0.3 is 33.7 Å². The molecule has 2 saturated heterocycles. The van der Waals surface area contributed by atoms with Gasteiger partial charge in [0.15, 0.2) is 12.6 Å². The summed E-state index contributed by atoms with van der Waals surface area (Å²) in [5.74, 6) is 0. The van der Waals surface area contributed by atoms with E-state index in [1.54, 1.807) is 0 Å². The Morgan fingerprint density at radius 1 is 0.829 bits per heavy atom. The normalized spacial score (nSPS) is 26.1. The molecule has 1 unspecified atom stereocenters. The van der Waals surface area contributed by atoms with E-state index in [-0.39, 0.29) is 19.8 Å². The lowest BCUT2D eigenvalue weighted by molar-refractivity contribution is -0.350. The molecule has 2 heterocycles. The number of carbonyl (C=O) groups is 1. The van der Waals surface area contributed by atoms with E-state index < -0.39 is 53.4 Å². The van der Waals surface area contributed by atoms with E-state index in [0.29, 0.717) is 0 Å². The van der Waals surface area contributed by atoms with Gasteiger partial charge in [-0.05, 0) is 11.1 Å². The number of alkyl halides is 3. The Balaban J connectivity index is 1.41. The second kappa shape index (κ2) is 14.2. The number of benzene rings is 3. The van der Waals surface area contributed by atoms with Gasteiger partial charge in [-0.3, -0.25) is 0 Å². The molecule has 218 valence electrons. The van der Waals surface area contributed by atoms with Crippen molar-refractivity contribution in [2.45, 2.75) is 53.9 Å². The predicted molar refractivity (Wildman–Crippen MR) is 153 cm³/mol. The number of ether oxygens (including phenoxy) is 6. The standard InChI is InChI=1S/C30H30Cl3NO7/c31-30(32,33)19-39-29(35)34-24-26(36-16-20-10-4-1-5-11-20)25-23(18-38-27(41-25)22-14-8-3-9-15-22)40-28(24)37-17-21-12-6-2-7-13-21/h1-15,23-28H,16-19H2,(H,34,35)/t23-,24-,25-,26-,27?,28-/m1/s1. The van der Waals surface area contributed by atoms with Gasteiger partial charge in [0.2, 0.25) is 3.79 Å². The monoisotopic (exact) mass is 621 g/mol. The fourth-order valence-corrected chi connectivity index (χ4v) is 4.85. The minimum Gasteiger partial charge on any atom is -0.445 e. The Bertz CT molecular complexity index is 1230. The molecule has 3 aromatic carbocycles. The number of carbonyl (C=O) groups excluding carboxylic acids is 1. The topological polar surface area (TPSA) is 84.5 Å². The average Bonchev–Trinajstić information content (AvgIpc) is 2.99. The van der Waals surface area contributed by atoms with Gasteiger partial charge >= 0.3 is 6.09 Å². The highest BCUT2D eigenvalue weighted by atomic mass is 35.6. The highest BCUT2D eigenvalue weighted by molar-refractivity contribution is 6.67. The van der Waals surface area contributed by atoms with Crippen LogP contribution in [0.15, 0.2) is 91.0 Å². The van der Waals surface area contributed by atoms with Crippen molar-refractivity contribution in [1.82, 2.24) is 5.32 Å². The van der Waals surface area contributed by atoms with Crippen molar-refractivity contribution in [3.05, 3.63) is 108 Å². The van der Waals surface area contributed by atoms with Crippen LogP contribution in [0.1, 0.15) is 23.0 Å². The molecule has 1 amide bonds. The summed E-state index contributed by atoms with van der Waals surface area (Å²) in [6, 6.07) is 28.0. The van der Waals surface area contributed by atoms with E-state index in [0.717, 1.165) is 16.7 Å². The van der Waals surface area contributed by atoms with Gasteiger partial charge in [-0.25, -0.2) is 4.79 Å². The van der Waals surface area contributed by atoms with Gasteiger partial charge in [0.1, 0.15) is 31.0 Å². The van der Waals surface area contributed by atoms with Crippen molar-refractivity contribution < 1.29 is 33.2 Å². The number of fused-ring (bicyclic) bond motifs is 1. The largest absolute Gasteiger partial charge is 0.445 e. The first kappa shape index (κ1) is 30.1. The first-order valence-electron chi connectivity index (χ1n) is 13.1. The summed E-state index contributed by atoms with van der Waals surface area (Å²) >= 11 is 17.4. The number of hydrogen-bond acceptors (Lipinski definition) is 7. The Kier molecular flexibility index (Phi) is 10.4. The first-order chi connectivity index (χ1) is 19.9. The molecule has 0 bridgehead atoms. The van der Waals surface area contributed by atoms with Crippen LogP contribution in [-0.4, -0.2) is 53.7 Å². The molecule has 11 heteroatoms. The Hall–Kier alpha value is -2.40. The van der Waals surface area contributed by atoms with Gasteiger partial charge in [0.25, 0.3) is 0 Å². The van der Waals surface area contributed by atoms with E-state index in [4.69, 9.17) is 63.2 Å². The first-order valence-corrected chi connectivity index (χ1v) is 14.3. The summed E-state index contributed by atoms with van der Waals surface area (Å²) < 4.78 is 34.9. The molecule has 41 heavy (non-hydrogen) atoms. The summed E-state index contributed by atoms with van der Waals surface area (Å²) in [7, 11) is 0. The molecule has 1 N–H and O–H groups in total. The average molecular weight is 623 g/mol. The fraction of sp³-hybridized carbons (Fsp3) is 0.367. The summed E-state index contributed by atoms with van der Waals surface area (Å²) in [4.78, 5) is 12.9. The van der Waals surface area contributed by atoms with Gasteiger partial charge in [-0.15, -0.1) is 0 Å². The quantitative estimate of drug-likeness (QED) is 0.289. The zero-order valence-corrected chi connectivity index (χ0v) is 24.2. The Labute approximate surface area is 253 Å². The number of rotatable bonds is 9. The van der Waals surface area contributed by atoms with Crippen LogP contribution in [0.5, 0.6) is 0 Å². The molecule has 0 aliphatic carbocycles. The molecule has 3 aromatic rings. The number of amides is 1. The van der Waals surface area contributed by atoms with Crippen LogP contribution in [0, 0.1) is 0 Å². The van der Waals surface area contributed by atoms with Crippen LogP contribution in [0.2, 0.25) is 0 Å². The van der Waals surface area contributed by atoms with Crippen LogP contribution in [0.25, 0.3) is 0 Å². The van der Waals surface area contributed by atoms with Crippen molar-refractivity contribution in [3.8, 4) is 0 Å². The highest BCUT2D eigenvalue weighted by Gasteiger charge is 2.52. The lowest BCUT2D eigenvalue weighted by Gasteiger charge is -2.49. The molecule has 8 nitrogen and oxygen atoms in total. The fourth-order valence-electron chi connectivity index (χ4n) is 4.69. The third kappa shape index (κ3) is 8.56. The molecule has 0 saturated carbocycles. The van der Waals surface area contributed by atoms with Crippen LogP contribution in [-0.2, 0) is 41.6 Å². The van der Waals surface area contributed by atoms with Crippen molar-refractivity contribution in [2.24, 2.45) is 0 Å². The molecule has 0 spiro atoms. The van der Waals surface area contributed by atoms with E-state index in [2.05, 4.69) is 5.32 Å². The van der Waals surface area contributed by atoms with E-state index in [1.165, 1.54) is 0 Å².